The summed E-state index contributed by atoms with van der Waals surface area (Å²) in [6.07, 6.45) is 3.93. The van der Waals surface area contributed by atoms with Crippen molar-refractivity contribution in [1.29, 1.82) is 0 Å². The van der Waals surface area contributed by atoms with Gasteiger partial charge >= 0.3 is 11.9 Å². The van der Waals surface area contributed by atoms with Crippen molar-refractivity contribution in [1.82, 2.24) is 4.90 Å². The fourth-order valence-electron chi connectivity index (χ4n) is 2.00. The number of carbonyl (C=O) groups is 2. The summed E-state index contributed by atoms with van der Waals surface area (Å²) in [4.78, 5) is 25.2. The third-order valence-corrected chi connectivity index (χ3v) is 3.24. The molecule has 0 aromatic rings. The zero-order valence-corrected chi connectivity index (χ0v) is 11.1. The van der Waals surface area contributed by atoms with Gasteiger partial charge in [-0.2, -0.15) is 0 Å². The molecule has 1 unspecified atom stereocenters. The number of esters is 2. The molecule has 0 spiro atoms. The molecule has 5 nitrogen and oxygen atoms in total. The lowest BCUT2D eigenvalue weighted by Gasteiger charge is -2.38. The Morgan fingerprint density at radius 3 is 2.61 bits per heavy atom. The number of hydrogen-bond donors (Lipinski definition) is 0. The normalized spacial score (nSPS) is 21.8. The molecule has 0 aliphatic carbocycles. The van der Waals surface area contributed by atoms with Gasteiger partial charge in [0.25, 0.3) is 0 Å². The maximum absolute atomic E-state index is 11.7. The Morgan fingerprint density at radius 2 is 2.11 bits per heavy atom. The Kier molecular flexibility index (Phi) is 3.32. The van der Waals surface area contributed by atoms with Crippen LogP contribution in [0.15, 0.2) is 11.8 Å². The highest BCUT2D eigenvalue weighted by atomic mass is 16.7. The predicted molar refractivity (Wildman–Crippen MR) is 64.3 cm³/mol. The molecule has 0 aromatic carbocycles. The van der Waals surface area contributed by atoms with E-state index in [2.05, 4.69) is 0 Å². The molecule has 0 aromatic heterocycles. The van der Waals surface area contributed by atoms with E-state index in [1.807, 2.05) is 11.0 Å². The highest BCUT2D eigenvalue weighted by Crippen LogP contribution is 2.32. The van der Waals surface area contributed by atoms with Crippen molar-refractivity contribution >= 4 is 11.9 Å². The minimum atomic E-state index is -0.582. The summed E-state index contributed by atoms with van der Waals surface area (Å²) in [5.41, 5.74) is 0.0276. The van der Waals surface area contributed by atoms with Crippen molar-refractivity contribution in [2.24, 2.45) is 5.41 Å². The van der Waals surface area contributed by atoms with E-state index < -0.39 is 11.4 Å². The topological polar surface area (TPSA) is 55.8 Å². The molecular formula is C13H19NO4. The molecule has 2 heterocycles. The van der Waals surface area contributed by atoms with E-state index in [9.17, 15) is 9.59 Å². The highest BCUT2D eigenvalue weighted by molar-refractivity contribution is 5.88. The van der Waals surface area contributed by atoms with Crippen LogP contribution in [-0.2, 0) is 19.1 Å². The molecule has 2 rings (SSSR count). The van der Waals surface area contributed by atoms with Crippen molar-refractivity contribution in [3.8, 4) is 0 Å². The van der Waals surface area contributed by atoms with Crippen LogP contribution in [0.1, 0.15) is 33.6 Å². The van der Waals surface area contributed by atoms with Crippen LogP contribution < -0.4 is 0 Å². The summed E-state index contributed by atoms with van der Waals surface area (Å²) in [5.74, 6) is -0.781. The van der Waals surface area contributed by atoms with Crippen molar-refractivity contribution in [2.45, 2.75) is 39.7 Å². The summed E-state index contributed by atoms with van der Waals surface area (Å²) in [7, 11) is 0. The maximum atomic E-state index is 11.7. The highest BCUT2D eigenvalue weighted by Gasteiger charge is 2.37. The fourth-order valence-corrected chi connectivity index (χ4v) is 2.00. The van der Waals surface area contributed by atoms with E-state index in [4.69, 9.17) is 9.47 Å². The minimum absolute atomic E-state index is 0.315. The zero-order valence-electron chi connectivity index (χ0n) is 11.1. The number of rotatable bonds is 3. The van der Waals surface area contributed by atoms with Gasteiger partial charge in [0.15, 0.2) is 0 Å². The van der Waals surface area contributed by atoms with Gasteiger partial charge in [0.1, 0.15) is 5.70 Å². The average molecular weight is 253 g/mol. The van der Waals surface area contributed by atoms with Gasteiger partial charge in [-0.3, -0.25) is 4.79 Å². The Balaban J connectivity index is 1.74. The summed E-state index contributed by atoms with van der Waals surface area (Å²) in [5, 5.41) is 0. The second-order valence-electron chi connectivity index (χ2n) is 5.69. The van der Waals surface area contributed by atoms with E-state index in [-0.39, 0.29) is 12.8 Å². The standard InChI is InChI=1S/C13H19NO4/c1-13(2,3)12(16)18-8-17-11(15)10-5-4-9-6-7-14(9)10/h5,9H,4,6-8H2,1-3H3. The van der Waals surface area contributed by atoms with E-state index in [1.165, 1.54) is 0 Å². The first-order valence-electron chi connectivity index (χ1n) is 6.21. The summed E-state index contributed by atoms with van der Waals surface area (Å²) >= 11 is 0. The van der Waals surface area contributed by atoms with Crippen molar-refractivity contribution in [3.63, 3.8) is 0 Å². The molecule has 2 aliphatic rings. The minimum Gasteiger partial charge on any atom is -0.427 e. The van der Waals surface area contributed by atoms with Crippen LogP contribution in [0.25, 0.3) is 0 Å². The molecule has 0 radical (unpaired) electrons. The second-order valence-corrected chi connectivity index (χ2v) is 5.69. The van der Waals surface area contributed by atoms with Crippen molar-refractivity contribution in [2.75, 3.05) is 13.3 Å². The number of ether oxygens (including phenoxy) is 2. The quantitative estimate of drug-likeness (QED) is 0.562. The summed E-state index contributed by atoms with van der Waals surface area (Å²) in [6, 6.07) is 0.477. The van der Waals surface area contributed by atoms with Gasteiger partial charge in [-0.1, -0.05) is 6.08 Å². The van der Waals surface area contributed by atoms with Crippen LogP contribution in [0.4, 0.5) is 0 Å². The predicted octanol–water partition coefficient (Wildman–Crippen LogP) is 1.44. The maximum Gasteiger partial charge on any atom is 0.357 e. The van der Waals surface area contributed by atoms with Crippen LogP contribution >= 0.6 is 0 Å². The lowest BCUT2D eigenvalue weighted by Crippen LogP contribution is -2.44. The van der Waals surface area contributed by atoms with Gasteiger partial charge in [0.05, 0.1) is 5.41 Å². The molecule has 2 aliphatic heterocycles. The second kappa shape index (κ2) is 4.63. The first-order chi connectivity index (χ1) is 8.39. The van der Waals surface area contributed by atoms with Crippen LogP contribution in [0, 0.1) is 5.41 Å². The fraction of sp³-hybridized carbons (Fsp3) is 0.692. The molecule has 1 saturated heterocycles. The van der Waals surface area contributed by atoms with E-state index >= 15 is 0 Å². The molecule has 100 valence electrons. The van der Waals surface area contributed by atoms with E-state index in [1.54, 1.807) is 20.8 Å². The zero-order chi connectivity index (χ0) is 13.3. The summed E-state index contributed by atoms with van der Waals surface area (Å²) in [6.45, 7) is 5.85. The molecule has 0 saturated carbocycles. The smallest absolute Gasteiger partial charge is 0.357 e. The molecule has 5 heteroatoms. The van der Waals surface area contributed by atoms with Crippen molar-refractivity contribution < 1.29 is 19.1 Å². The first-order valence-corrected chi connectivity index (χ1v) is 6.21. The number of hydrogen-bond acceptors (Lipinski definition) is 5. The monoisotopic (exact) mass is 253 g/mol. The molecule has 1 fully saturated rings. The van der Waals surface area contributed by atoms with Gasteiger partial charge in [0.2, 0.25) is 6.79 Å². The molecular weight excluding hydrogens is 234 g/mol. The molecule has 18 heavy (non-hydrogen) atoms. The largest absolute Gasteiger partial charge is 0.427 e. The van der Waals surface area contributed by atoms with Crippen molar-refractivity contribution in [3.05, 3.63) is 11.8 Å². The van der Waals surface area contributed by atoms with Gasteiger partial charge in [0, 0.05) is 12.6 Å². The number of fused-ring (bicyclic) bond motifs is 1. The molecule has 0 amide bonds. The number of nitrogens with zero attached hydrogens (tertiary/aromatic N) is 1. The Morgan fingerprint density at radius 1 is 1.39 bits per heavy atom. The van der Waals surface area contributed by atoms with Crippen LogP contribution in [0.3, 0.4) is 0 Å². The summed E-state index contributed by atoms with van der Waals surface area (Å²) < 4.78 is 9.84. The molecule has 0 N–H and O–H groups in total. The van der Waals surface area contributed by atoms with Gasteiger partial charge in [-0.05, 0) is 33.6 Å². The third-order valence-electron chi connectivity index (χ3n) is 3.24. The number of carbonyl (C=O) groups excluding carboxylic acids is 2. The van der Waals surface area contributed by atoms with E-state index in [0.717, 1.165) is 19.4 Å². The SMILES string of the molecule is CC(C)(C)C(=O)OCOC(=O)C1=CCC2CCN12. The lowest BCUT2D eigenvalue weighted by molar-refractivity contribution is -0.172. The Hall–Kier alpha value is -1.52. The van der Waals surface area contributed by atoms with E-state index in [0.29, 0.717) is 11.7 Å². The van der Waals surface area contributed by atoms with Crippen LogP contribution in [0.5, 0.6) is 0 Å². The average Bonchev–Trinajstić information content (AvgIpc) is 2.52. The van der Waals surface area contributed by atoms with Gasteiger partial charge in [-0.25, -0.2) is 4.79 Å². The molecule has 0 bridgehead atoms. The Bertz CT molecular complexity index is 394. The Labute approximate surface area is 107 Å². The lowest BCUT2D eigenvalue weighted by atomic mass is 9.98. The third kappa shape index (κ3) is 2.49. The van der Waals surface area contributed by atoms with Crippen LogP contribution in [-0.4, -0.2) is 36.2 Å². The van der Waals surface area contributed by atoms with Crippen LogP contribution in [0.2, 0.25) is 0 Å². The van der Waals surface area contributed by atoms with Gasteiger partial charge < -0.3 is 14.4 Å². The van der Waals surface area contributed by atoms with Gasteiger partial charge in [-0.15, -0.1) is 0 Å². The first kappa shape index (κ1) is 12.9. The molecule has 1 atom stereocenters.